The zero-order valence-electron chi connectivity index (χ0n) is 16.2. The van der Waals surface area contributed by atoms with Gasteiger partial charge in [0, 0.05) is 13.1 Å². The van der Waals surface area contributed by atoms with E-state index in [-0.39, 0.29) is 5.91 Å². The lowest BCUT2D eigenvalue weighted by atomic mass is 10.1. The van der Waals surface area contributed by atoms with Crippen LogP contribution in [0.4, 0.5) is 0 Å². The summed E-state index contributed by atoms with van der Waals surface area (Å²) in [5.41, 5.74) is 4.24. The van der Waals surface area contributed by atoms with Gasteiger partial charge < -0.3 is 9.88 Å². The zero-order valence-corrected chi connectivity index (χ0v) is 17.0. The summed E-state index contributed by atoms with van der Waals surface area (Å²) in [6.07, 6.45) is 3.21. The monoisotopic (exact) mass is 406 g/mol. The van der Waals surface area contributed by atoms with Crippen LogP contribution in [0.3, 0.4) is 0 Å². The number of thioether (sulfide) groups is 1. The van der Waals surface area contributed by atoms with Crippen molar-refractivity contribution in [3.8, 4) is 0 Å². The second kappa shape index (κ2) is 8.91. The number of hydrogen-bond acceptors (Lipinski definition) is 5. The van der Waals surface area contributed by atoms with E-state index in [2.05, 4.69) is 37.9 Å². The number of carbonyl (C=O) groups is 1. The van der Waals surface area contributed by atoms with Gasteiger partial charge in [-0.3, -0.25) is 4.79 Å². The molecule has 8 heteroatoms. The van der Waals surface area contributed by atoms with Gasteiger partial charge in [0.2, 0.25) is 5.91 Å². The molecule has 29 heavy (non-hydrogen) atoms. The maximum atomic E-state index is 12.4. The van der Waals surface area contributed by atoms with Crippen molar-refractivity contribution in [3.05, 3.63) is 72.3 Å². The van der Waals surface area contributed by atoms with Gasteiger partial charge in [0.05, 0.1) is 23.3 Å². The van der Waals surface area contributed by atoms with Crippen molar-refractivity contribution >= 4 is 28.7 Å². The SMILES string of the molecule is CCn1c(SCC(=O)NCc2ccccc2Cn2cncn2)nc2ccccc21. The minimum atomic E-state index is -0.0136. The topological polar surface area (TPSA) is 77.6 Å². The second-order valence-electron chi connectivity index (χ2n) is 6.55. The number of nitrogens with one attached hydrogen (secondary N) is 1. The molecule has 2 aromatic carbocycles. The van der Waals surface area contributed by atoms with E-state index in [9.17, 15) is 4.79 Å². The van der Waals surface area contributed by atoms with E-state index in [4.69, 9.17) is 0 Å². The highest BCUT2D eigenvalue weighted by Gasteiger charge is 2.12. The van der Waals surface area contributed by atoms with Crippen LogP contribution in [0.25, 0.3) is 11.0 Å². The molecule has 0 spiro atoms. The van der Waals surface area contributed by atoms with Crippen LogP contribution in [0, 0.1) is 0 Å². The lowest BCUT2D eigenvalue weighted by Crippen LogP contribution is -2.25. The Morgan fingerprint density at radius 1 is 1.10 bits per heavy atom. The molecule has 4 aromatic rings. The van der Waals surface area contributed by atoms with Gasteiger partial charge >= 0.3 is 0 Å². The highest BCUT2D eigenvalue weighted by molar-refractivity contribution is 7.99. The number of amides is 1. The predicted molar refractivity (Wildman–Crippen MR) is 114 cm³/mol. The minimum absolute atomic E-state index is 0.0136. The Morgan fingerprint density at radius 3 is 2.69 bits per heavy atom. The number of fused-ring (bicyclic) bond motifs is 1. The van der Waals surface area contributed by atoms with Crippen molar-refractivity contribution in [1.82, 2.24) is 29.6 Å². The zero-order chi connectivity index (χ0) is 20.1. The largest absolute Gasteiger partial charge is 0.351 e. The number of carbonyl (C=O) groups excluding carboxylic acids is 1. The Balaban J connectivity index is 1.37. The molecule has 0 saturated carbocycles. The molecule has 1 amide bonds. The van der Waals surface area contributed by atoms with Crippen LogP contribution < -0.4 is 5.32 Å². The van der Waals surface area contributed by atoms with E-state index in [0.717, 1.165) is 33.9 Å². The highest BCUT2D eigenvalue weighted by Crippen LogP contribution is 2.23. The summed E-state index contributed by atoms with van der Waals surface area (Å²) in [6.45, 7) is 4.01. The number of aryl methyl sites for hydroxylation is 1. The van der Waals surface area contributed by atoms with Gasteiger partial charge in [0.1, 0.15) is 12.7 Å². The van der Waals surface area contributed by atoms with E-state index < -0.39 is 0 Å². The first-order chi connectivity index (χ1) is 14.2. The highest BCUT2D eigenvalue weighted by atomic mass is 32.2. The first-order valence-corrected chi connectivity index (χ1v) is 10.5. The summed E-state index contributed by atoms with van der Waals surface area (Å²) in [5.74, 6) is 0.314. The Labute approximate surface area is 173 Å². The Hall–Kier alpha value is -3.13. The smallest absolute Gasteiger partial charge is 0.230 e. The van der Waals surface area contributed by atoms with Crippen molar-refractivity contribution in [3.63, 3.8) is 0 Å². The van der Waals surface area contributed by atoms with Gasteiger partial charge in [-0.25, -0.2) is 14.6 Å². The number of nitrogens with zero attached hydrogens (tertiary/aromatic N) is 5. The molecule has 2 heterocycles. The first-order valence-electron chi connectivity index (χ1n) is 9.48. The fourth-order valence-corrected chi connectivity index (χ4v) is 4.13. The lowest BCUT2D eigenvalue weighted by molar-refractivity contribution is -0.118. The third-order valence-corrected chi connectivity index (χ3v) is 5.64. The van der Waals surface area contributed by atoms with E-state index in [0.29, 0.717) is 18.8 Å². The molecule has 0 aliphatic rings. The third kappa shape index (κ3) is 4.48. The normalized spacial score (nSPS) is 11.1. The first kappa shape index (κ1) is 19.2. The fraction of sp³-hybridized carbons (Fsp3) is 0.238. The molecule has 1 N–H and O–H groups in total. The maximum absolute atomic E-state index is 12.4. The summed E-state index contributed by atoms with van der Waals surface area (Å²) in [4.78, 5) is 21.1. The van der Waals surface area contributed by atoms with Crippen LogP contribution in [-0.2, 0) is 24.4 Å². The van der Waals surface area contributed by atoms with Crippen molar-refractivity contribution < 1.29 is 4.79 Å². The van der Waals surface area contributed by atoms with Crippen LogP contribution in [0.5, 0.6) is 0 Å². The molecule has 0 aliphatic heterocycles. The van der Waals surface area contributed by atoms with Crippen molar-refractivity contribution in [2.45, 2.75) is 31.7 Å². The summed E-state index contributed by atoms with van der Waals surface area (Å²) in [5, 5.41) is 8.04. The third-order valence-electron chi connectivity index (χ3n) is 4.66. The molecule has 2 aromatic heterocycles. The molecule has 148 valence electrons. The number of aromatic nitrogens is 5. The van der Waals surface area contributed by atoms with E-state index in [1.54, 1.807) is 11.0 Å². The summed E-state index contributed by atoms with van der Waals surface area (Å²) in [6, 6.07) is 16.1. The second-order valence-corrected chi connectivity index (χ2v) is 7.50. The van der Waals surface area contributed by atoms with Gasteiger partial charge in [-0.1, -0.05) is 48.2 Å². The quantitative estimate of drug-likeness (QED) is 0.455. The Morgan fingerprint density at radius 2 is 1.90 bits per heavy atom. The number of hydrogen-bond donors (Lipinski definition) is 1. The molecule has 0 radical (unpaired) electrons. The van der Waals surface area contributed by atoms with Crippen LogP contribution in [-0.4, -0.2) is 36.0 Å². The molecule has 0 fully saturated rings. The molecule has 0 bridgehead atoms. The fourth-order valence-electron chi connectivity index (χ4n) is 3.22. The molecule has 7 nitrogen and oxygen atoms in total. The van der Waals surface area contributed by atoms with Gasteiger partial charge in [-0.15, -0.1) is 0 Å². The van der Waals surface area contributed by atoms with Crippen molar-refractivity contribution in [1.29, 1.82) is 0 Å². The number of benzene rings is 2. The molecule has 0 aliphatic carbocycles. The van der Waals surface area contributed by atoms with Gasteiger partial charge in [-0.05, 0) is 30.2 Å². The van der Waals surface area contributed by atoms with Crippen LogP contribution in [0.2, 0.25) is 0 Å². The molecule has 0 atom stereocenters. The van der Waals surface area contributed by atoms with Gasteiger partial charge in [0.15, 0.2) is 5.16 Å². The number of rotatable bonds is 8. The summed E-state index contributed by atoms with van der Waals surface area (Å²) < 4.78 is 3.91. The predicted octanol–water partition coefficient (Wildman–Crippen LogP) is 3.10. The number of para-hydroxylation sites is 2. The van der Waals surface area contributed by atoms with Crippen LogP contribution in [0.1, 0.15) is 18.1 Å². The van der Waals surface area contributed by atoms with Gasteiger partial charge in [0.25, 0.3) is 0 Å². The van der Waals surface area contributed by atoms with Crippen molar-refractivity contribution in [2.75, 3.05) is 5.75 Å². The standard InChI is InChI=1S/C21H22N6OS/c1-2-27-19-10-6-5-9-18(19)25-21(27)29-13-20(28)23-11-16-7-3-4-8-17(16)12-26-15-22-14-24-26/h3-10,14-15H,2,11-13H2,1H3,(H,23,28). The minimum Gasteiger partial charge on any atom is -0.351 e. The van der Waals surface area contributed by atoms with E-state index >= 15 is 0 Å². The number of imidazole rings is 1. The molecule has 0 unspecified atom stereocenters. The maximum Gasteiger partial charge on any atom is 0.230 e. The summed E-state index contributed by atoms with van der Waals surface area (Å²) >= 11 is 1.47. The summed E-state index contributed by atoms with van der Waals surface area (Å²) in [7, 11) is 0. The van der Waals surface area contributed by atoms with E-state index in [1.807, 2.05) is 42.5 Å². The molecular weight excluding hydrogens is 384 g/mol. The molecule has 4 rings (SSSR count). The van der Waals surface area contributed by atoms with E-state index in [1.165, 1.54) is 18.1 Å². The van der Waals surface area contributed by atoms with Gasteiger partial charge in [-0.2, -0.15) is 5.10 Å². The Bertz CT molecular complexity index is 1110. The van der Waals surface area contributed by atoms with Crippen molar-refractivity contribution in [2.24, 2.45) is 0 Å². The van der Waals surface area contributed by atoms with Crippen LogP contribution in [0.15, 0.2) is 66.3 Å². The average molecular weight is 407 g/mol. The molecular formula is C21H22N6OS. The molecule has 0 saturated heterocycles. The Kier molecular flexibility index (Phi) is 5.90. The van der Waals surface area contributed by atoms with Crippen LogP contribution >= 0.6 is 11.8 Å². The average Bonchev–Trinajstić information content (AvgIpc) is 3.38. The lowest BCUT2D eigenvalue weighted by Gasteiger charge is -2.11.